The van der Waals surface area contributed by atoms with Crippen LogP contribution >= 0.6 is 0 Å². The summed E-state index contributed by atoms with van der Waals surface area (Å²) < 4.78 is 6.05. The molecule has 2 amide bonds. The molecule has 8 nitrogen and oxygen atoms in total. The van der Waals surface area contributed by atoms with Gasteiger partial charge in [0.2, 0.25) is 5.91 Å². The number of hydrogen-bond acceptors (Lipinski definition) is 6. The molecule has 4 aromatic rings. The molecule has 0 aliphatic heterocycles. The Morgan fingerprint density at radius 3 is 2.41 bits per heavy atom. The van der Waals surface area contributed by atoms with Crippen molar-refractivity contribution in [3.05, 3.63) is 107 Å². The molecule has 212 valence electrons. The normalized spacial score (nSPS) is 18.5. The molecule has 0 radical (unpaired) electrons. The van der Waals surface area contributed by atoms with Crippen LogP contribution in [0.3, 0.4) is 0 Å². The highest BCUT2D eigenvalue weighted by Crippen LogP contribution is 2.32. The molecule has 3 aromatic carbocycles. The molecule has 1 saturated carbocycles. The van der Waals surface area contributed by atoms with Gasteiger partial charge in [-0.3, -0.25) is 19.8 Å². The number of aryl methyl sites for hydroxylation is 1. The third kappa shape index (κ3) is 7.28. The summed E-state index contributed by atoms with van der Waals surface area (Å²) in [4.78, 5) is 30.1. The van der Waals surface area contributed by atoms with E-state index >= 15 is 0 Å². The van der Waals surface area contributed by atoms with E-state index in [2.05, 4.69) is 27.8 Å². The van der Waals surface area contributed by atoms with Gasteiger partial charge in [-0.2, -0.15) is 0 Å². The molecule has 0 atom stereocenters. The fraction of sp³-hybridized carbons (Fsp3) is 0.303. The Bertz CT molecular complexity index is 1480. The second-order valence-electron chi connectivity index (χ2n) is 10.8. The summed E-state index contributed by atoms with van der Waals surface area (Å²) in [6.45, 7) is 3.12. The smallest absolute Gasteiger partial charge is 0.251 e. The molecule has 1 aliphatic carbocycles. The first-order valence-corrected chi connectivity index (χ1v) is 14.0. The molecule has 0 unspecified atom stereocenters. The molecule has 41 heavy (non-hydrogen) atoms. The van der Waals surface area contributed by atoms with Gasteiger partial charge in [-0.05, 0) is 74.6 Å². The van der Waals surface area contributed by atoms with Crippen LogP contribution in [0.1, 0.15) is 59.3 Å². The fourth-order valence-corrected chi connectivity index (χ4v) is 5.62. The number of amides is 2. The summed E-state index contributed by atoms with van der Waals surface area (Å²) in [5.74, 6) is -0.114. The van der Waals surface area contributed by atoms with Crippen LogP contribution in [0.15, 0.2) is 84.9 Å². The van der Waals surface area contributed by atoms with E-state index in [0.717, 1.165) is 41.5 Å². The van der Waals surface area contributed by atoms with Crippen molar-refractivity contribution >= 4 is 22.7 Å². The van der Waals surface area contributed by atoms with Gasteiger partial charge in [-0.25, -0.2) is 5.48 Å². The summed E-state index contributed by atoms with van der Waals surface area (Å²) in [6.07, 6.45) is 2.88. The van der Waals surface area contributed by atoms with Gasteiger partial charge >= 0.3 is 0 Å². The van der Waals surface area contributed by atoms with E-state index in [-0.39, 0.29) is 18.4 Å². The molecule has 8 heteroatoms. The zero-order valence-corrected chi connectivity index (χ0v) is 23.2. The first-order valence-electron chi connectivity index (χ1n) is 14.0. The maximum absolute atomic E-state index is 13.3. The van der Waals surface area contributed by atoms with Crippen LogP contribution < -0.4 is 20.9 Å². The van der Waals surface area contributed by atoms with Crippen LogP contribution in [0.2, 0.25) is 0 Å². The number of nitrogens with one attached hydrogen (secondary N) is 3. The Morgan fingerprint density at radius 2 is 1.68 bits per heavy atom. The summed E-state index contributed by atoms with van der Waals surface area (Å²) in [5.41, 5.74) is 5.61. The Hall–Kier alpha value is -4.27. The van der Waals surface area contributed by atoms with Crippen molar-refractivity contribution < 1.29 is 19.5 Å². The summed E-state index contributed by atoms with van der Waals surface area (Å²) >= 11 is 0. The zero-order chi connectivity index (χ0) is 28.7. The van der Waals surface area contributed by atoms with Crippen LogP contribution in [0.5, 0.6) is 5.75 Å². The minimum atomic E-state index is -0.732. The van der Waals surface area contributed by atoms with Crippen LogP contribution in [-0.4, -0.2) is 33.6 Å². The van der Waals surface area contributed by atoms with Crippen molar-refractivity contribution in [3.63, 3.8) is 0 Å². The number of nitrogens with zero attached hydrogens (tertiary/aromatic N) is 1. The van der Waals surface area contributed by atoms with E-state index in [4.69, 9.17) is 4.74 Å². The third-order valence-electron chi connectivity index (χ3n) is 7.82. The standard InChI is InChI=1S/C33H36N4O4/c1-23-19-26(29-9-5-6-10-30(29)35-23)22-41-28-13-11-25(12-14-28)32(39)36-33(20-31(38)37-40)17-15-27(16-18-33)34-21-24-7-3-2-4-8-24/h2-14,19,27,34,40H,15-18,20-22H2,1H3,(H,36,39)(H,37,38). The Labute approximate surface area is 240 Å². The van der Waals surface area contributed by atoms with Gasteiger partial charge < -0.3 is 15.4 Å². The number of benzene rings is 3. The molecule has 0 spiro atoms. The molecular formula is C33H36N4O4. The maximum atomic E-state index is 13.3. The highest BCUT2D eigenvalue weighted by Gasteiger charge is 2.38. The fourth-order valence-electron chi connectivity index (χ4n) is 5.62. The van der Waals surface area contributed by atoms with Crippen molar-refractivity contribution in [2.75, 3.05) is 0 Å². The first-order chi connectivity index (χ1) is 19.9. The summed E-state index contributed by atoms with van der Waals surface area (Å²) in [7, 11) is 0. The highest BCUT2D eigenvalue weighted by atomic mass is 16.5. The first kappa shape index (κ1) is 28.3. The van der Waals surface area contributed by atoms with Gasteiger partial charge in [0.25, 0.3) is 5.91 Å². The molecule has 0 bridgehead atoms. The summed E-state index contributed by atoms with van der Waals surface area (Å²) in [5, 5.41) is 17.0. The summed E-state index contributed by atoms with van der Waals surface area (Å²) in [6, 6.07) is 27.5. The number of fused-ring (bicyclic) bond motifs is 1. The van der Waals surface area contributed by atoms with E-state index in [1.54, 1.807) is 29.7 Å². The lowest BCUT2D eigenvalue weighted by Crippen LogP contribution is -2.54. The molecule has 4 N–H and O–H groups in total. The van der Waals surface area contributed by atoms with Crippen LogP contribution in [-0.2, 0) is 17.9 Å². The molecule has 1 fully saturated rings. The average molecular weight is 553 g/mol. The van der Waals surface area contributed by atoms with E-state index < -0.39 is 11.4 Å². The number of pyridine rings is 1. The number of carbonyl (C=O) groups excluding carboxylic acids is 2. The van der Waals surface area contributed by atoms with E-state index in [0.29, 0.717) is 30.8 Å². The lowest BCUT2D eigenvalue weighted by atomic mass is 9.76. The highest BCUT2D eigenvalue weighted by molar-refractivity contribution is 5.95. The zero-order valence-electron chi connectivity index (χ0n) is 23.2. The predicted octanol–water partition coefficient (Wildman–Crippen LogP) is 5.22. The number of hydroxylamine groups is 1. The van der Waals surface area contributed by atoms with Gasteiger partial charge in [-0.1, -0.05) is 48.5 Å². The number of hydrogen-bond donors (Lipinski definition) is 4. The molecular weight excluding hydrogens is 516 g/mol. The molecule has 1 aliphatic rings. The largest absolute Gasteiger partial charge is 0.489 e. The van der Waals surface area contributed by atoms with Gasteiger partial charge in [0.15, 0.2) is 0 Å². The van der Waals surface area contributed by atoms with E-state index in [9.17, 15) is 14.8 Å². The van der Waals surface area contributed by atoms with Crippen LogP contribution in [0.25, 0.3) is 10.9 Å². The van der Waals surface area contributed by atoms with Crippen LogP contribution in [0.4, 0.5) is 0 Å². The van der Waals surface area contributed by atoms with Crippen molar-refractivity contribution in [3.8, 4) is 5.75 Å². The lowest BCUT2D eigenvalue weighted by molar-refractivity contribution is -0.131. The van der Waals surface area contributed by atoms with Gasteiger partial charge in [0.05, 0.1) is 11.9 Å². The van der Waals surface area contributed by atoms with Crippen molar-refractivity contribution in [2.45, 2.75) is 63.8 Å². The molecule has 5 rings (SSSR count). The number of rotatable bonds is 10. The number of aromatic nitrogens is 1. The van der Waals surface area contributed by atoms with Crippen LogP contribution in [0, 0.1) is 6.92 Å². The minimum absolute atomic E-state index is 0.0150. The average Bonchev–Trinajstić information content (AvgIpc) is 3.00. The third-order valence-corrected chi connectivity index (χ3v) is 7.82. The number of para-hydroxylation sites is 1. The second-order valence-corrected chi connectivity index (χ2v) is 10.8. The Kier molecular flexibility index (Phi) is 8.91. The van der Waals surface area contributed by atoms with Crippen molar-refractivity contribution in [2.24, 2.45) is 0 Å². The van der Waals surface area contributed by atoms with Crippen molar-refractivity contribution in [1.82, 2.24) is 21.1 Å². The molecule has 1 heterocycles. The number of carbonyl (C=O) groups is 2. The van der Waals surface area contributed by atoms with E-state index in [1.807, 2.05) is 55.5 Å². The topological polar surface area (TPSA) is 113 Å². The molecule has 0 saturated heterocycles. The Balaban J connectivity index is 1.20. The van der Waals surface area contributed by atoms with Crippen molar-refractivity contribution in [1.29, 1.82) is 0 Å². The van der Waals surface area contributed by atoms with Gasteiger partial charge in [-0.15, -0.1) is 0 Å². The molecule has 1 aromatic heterocycles. The Morgan fingerprint density at radius 1 is 0.976 bits per heavy atom. The monoisotopic (exact) mass is 552 g/mol. The maximum Gasteiger partial charge on any atom is 0.251 e. The van der Waals surface area contributed by atoms with Gasteiger partial charge in [0.1, 0.15) is 12.4 Å². The predicted molar refractivity (Wildman–Crippen MR) is 158 cm³/mol. The minimum Gasteiger partial charge on any atom is -0.489 e. The van der Waals surface area contributed by atoms with Gasteiger partial charge in [0, 0.05) is 40.3 Å². The lowest BCUT2D eigenvalue weighted by Gasteiger charge is -2.40. The quantitative estimate of drug-likeness (QED) is 0.159. The SMILES string of the molecule is Cc1cc(COc2ccc(C(=O)NC3(CC(=O)NO)CCC(NCc4ccccc4)CC3)cc2)c2ccccc2n1. The van der Waals surface area contributed by atoms with E-state index in [1.165, 1.54) is 5.56 Å². The number of ether oxygens (including phenoxy) is 1. The second kappa shape index (κ2) is 12.9.